The van der Waals surface area contributed by atoms with Gasteiger partial charge in [0, 0.05) is 0 Å². The largest absolute Gasteiger partial charge is 0.465 e. The van der Waals surface area contributed by atoms with Crippen LogP contribution in [0.25, 0.3) is 0 Å². The van der Waals surface area contributed by atoms with Gasteiger partial charge in [-0.3, -0.25) is 9.59 Å². The van der Waals surface area contributed by atoms with Gasteiger partial charge in [0.25, 0.3) is 0 Å². The summed E-state index contributed by atoms with van der Waals surface area (Å²) in [6.45, 7) is 3.99. The van der Waals surface area contributed by atoms with E-state index in [1.165, 1.54) is 0 Å². The second kappa shape index (κ2) is 8.54. The molecule has 0 aliphatic carbocycles. The molecule has 88 valence electrons. The Morgan fingerprint density at radius 3 is 1.73 bits per heavy atom. The second-order valence-electron chi connectivity index (χ2n) is 2.68. The first-order chi connectivity index (χ1) is 7.02. The zero-order valence-electron chi connectivity index (χ0n) is 8.66. The van der Waals surface area contributed by atoms with Gasteiger partial charge in [-0.1, -0.05) is 45.2 Å². The zero-order chi connectivity index (χ0) is 11.8. The molecule has 0 saturated carbocycles. The van der Waals surface area contributed by atoms with Crippen LogP contribution in [-0.2, 0) is 19.1 Å². The molecule has 0 aliphatic rings. The molecule has 0 spiro atoms. The first kappa shape index (κ1) is 15.4. The molecule has 0 amide bonds. The molecule has 0 aromatic rings. The maximum Gasteiger partial charge on any atom is 0.320 e. The highest BCUT2D eigenvalue weighted by molar-refractivity contribution is 14.2. The summed E-state index contributed by atoms with van der Waals surface area (Å²) in [5.41, 5.74) is 0. The molecule has 0 saturated heterocycles. The van der Waals surface area contributed by atoms with Crippen molar-refractivity contribution in [3.05, 3.63) is 0 Å². The van der Waals surface area contributed by atoms with Crippen LogP contribution in [0.4, 0.5) is 0 Å². The third-order valence-corrected chi connectivity index (χ3v) is 2.57. The van der Waals surface area contributed by atoms with Crippen molar-refractivity contribution in [2.75, 3.05) is 13.2 Å². The number of carbonyl (C=O) groups is 2. The molecule has 0 radical (unpaired) electrons. The van der Waals surface area contributed by atoms with Crippen LogP contribution < -0.4 is 0 Å². The summed E-state index contributed by atoms with van der Waals surface area (Å²) < 4.78 is 9.85. The number of hydrogen-bond acceptors (Lipinski definition) is 4. The number of hydrogen-bond donors (Lipinski definition) is 0. The minimum atomic E-state index is -0.788. The lowest BCUT2D eigenvalue weighted by Gasteiger charge is -2.14. The average Bonchev–Trinajstić information content (AvgIpc) is 2.14. The fraction of sp³-hybridized carbons (Fsp3) is 0.778. The first-order valence-corrected chi connectivity index (χ1v) is 7.13. The molecule has 0 aliphatic heterocycles. The van der Waals surface area contributed by atoms with E-state index in [9.17, 15) is 9.59 Å². The lowest BCUT2D eigenvalue weighted by Crippen LogP contribution is -2.29. The van der Waals surface area contributed by atoms with Crippen LogP contribution in [0, 0.1) is 5.92 Å². The van der Waals surface area contributed by atoms with Crippen LogP contribution >= 0.6 is 45.2 Å². The fourth-order valence-corrected chi connectivity index (χ4v) is 1.97. The summed E-state index contributed by atoms with van der Waals surface area (Å²) in [6.07, 6.45) is 0.443. The number of rotatable bonds is 6. The van der Waals surface area contributed by atoms with Gasteiger partial charge in [0.05, 0.1) is 15.1 Å². The predicted octanol–water partition coefficient (Wildman–Crippen LogP) is 2.32. The third-order valence-electron chi connectivity index (χ3n) is 1.56. The van der Waals surface area contributed by atoms with Gasteiger partial charge in [-0.25, -0.2) is 0 Å². The predicted molar refractivity (Wildman–Crippen MR) is 73.2 cm³/mol. The summed E-state index contributed by atoms with van der Waals surface area (Å²) in [4.78, 5) is 22.9. The van der Waals surface area contributed by atoms with Gasteiger partial charge in [0.1, 0.15) is 0 Å². The standard InChI is InChI=1S/C9H14I2O4/c1-3-14-8(12)6(5-7(10)11)9(13)15-4-2/h6-7H,3-5H2,1-2H3. The molecule has 0 rings (SSSR count). The van der Waals surface area contributed by atoms with Crippen LogP contribution in [0.15, 0.2) is 0 Å². The molecule has 0 fully saturated rings. The molecule has 0 unspecified atom stereocenters. The van der Waals surface area contributed by atoms with E-state index in [0.717, 1.165) is 0 Å². The minimum absolute atomic E-state index is 0.194. The quantitative estimate of drug-likeness (QED) is 0.276. The van der Waals surface area contributed by atoms with Gasteiger partial charge in [0.15, 0.2) is 5.92 Å². The van der Waals surface area contributed by atoms with Crippen LogP contribution in [0.3, 0.4) is 0 Å². The molecular formula is C9H14I2O4. The second-order valence-corrected chi connectivity index (χ2v) is 8.07. The van der Waals surface area contributed by atoms with Crippen molar-refractivity contribution in [3.63, 3.8) is 0 Å². The number of carbonyl (C=O) groups excluding carboxylic acids is 2. The molecule has 0 bridgehead atoms. The Morgan fingerprint density at radius 1 is 1.07 bits per heavy atom. The Kier molecular flexibility index (Phi) is 8.77. The van der Waals surface area contributed by atoms with Crippen molar-refractivity contribution in [2.45, 2.75) is 22.2 Å². The number of ether oxygens (including phenoxy) is 2. The molecule has 0 aromatic heterocycles. The Bertz CT molecular complexity index is 200. The van der Waals surface area contributed by atoms with E-state index in [0.29, 0.717) is 6.42 Å². The van der Waals surface area contributed by atoms with Gasteiger partial charge in [0.2, 0.25) is 0 Å². The highest BCUT2D eigenvalue weighted by Crippen LogP contribution is 2.22. The lowest BCUT2D eigenvalue weighted by molar-refractivity contribution is -0.161. The van der Waals surface area contributed by atoms with Crippen LogP contribution in [-0.4, -0.2) is 27.1 Å². The van der Waals surface area contributed by atoms with Crippen molar-refractivity contribution < 1.29 is 19.1 Å². The van der Waals surface area contributed by atoms with E-state index in [1.807, 2.05) is 0 Å². The van der Waals surface area contributed by atoms with E-state index in [-0.39, 0.29) is 15.1 Å². The van der Waals surface area contributed by atoms with Gasteiger partial charge in [-0.05, 0) is 20.3 Å². The Labute approximate surface area is 117 Å². The summed E-state index contributed by atoms with van der Waals surface area (Å²) >= 11 is 4.30. The Balaban J connectivity index is 4.42. The minimum Gasteiger partial charge on any atom is -0.465 e. The zero-order valence-corrected chi connectivity index (χ0v) is 13.0. The normalized spacial score (nSPS) is 10.5. The average molecular weight is 440 g/mol. The highest BCUT2D eigenvalue weighted by Gasteiger charge is 2.30. The molecule has 0 atom stereocenters. The van der Waals surface area contributed by atoms with Gasteiger partial charge in [-0.2, -0.15) is 0 Å². The van der Waals surface area contributed by atoms with E-state index >= 15 is 0 Å². The van der Waals surface area contributed by atoms with E-state index in [4.69, 9.17) is 9.47 Å². The van der Waals surface area contributed by atoms with Crippen molar-refractivity contribution >= 4 is 57.1 Å². The van der Waals surface area contributed by atoms with Crippen LogP contribution in [0.1, 0.15) is 20.3 Å². The SMILES string of the molecule is CCOC(=O)C(CC(I)I)C(=O)OCC. The molecule has 15 heavy (non-hydrogen) atoms. The van der Waals surface area contributed by atoms with Crippen molar-refractivity contribution in [2.24, 2.45) is 5.92 Å². The maximum absolute atomic E-state index is 11.5. The van der Waals surface area contributed by atoms with Crippen LogP contribution in [0.5, 0.6) is 0 Å². The number of esters is 2. The molecule has 6 heteroatoms. The first-order valence-electron chi connectivity index (χ1n) is 4.64. The summed E-state index contributed by atoms with van der Waals surface area (Å²) in [5.74, 6) is -1.77. The molecule has 0 N–H and O–H groups in total. The highest BCUT2D eigenvalue weighted by atomic mass is 127. The van der Waals surface area contributed by atoms with Crippen molar-refractivity contribution in [1.82, 2.24) is 0 Å². The molecule has 0 aromatic carbocycles. The lowest BCUT2D eigenvalue weighted by atomic mass is 10.1. The third kappa shape index (κ3) is 6.54. The maximum atomic E-state index is 11.5. The summed E-state index contributed by atoms with van der Waals surface area (Å²) in [6, 6.07) is 0. The summed E-state index contributed by atoms with van der Waals surface area (Å²) in [5, 5.41) is 0. The fourth-order valence-electron chi connectivity index (χ4n) is 0.953. The monoisotopic (exact) mass is 440 g/mol. The van der Waals surface area contributed by atoms with Gasteiger partial charge in [-0.15, -0.1) is 0 Å². The Hall–Kier alpha value is 0.400. The molecule has 4 nitrogen and oxygen atoms in total. The van der Waals surface area contributed by atoms with Gasteiger partial charge >= 0.3 is 11.9 Å². The van der Waals surface area contributed by atoms with E-state index < -0.39 is 17.9 Å². The van der Waals surface area contributed by atoms with Crippen molar-refractivity contribution in [3.8, 4) is 0 Å². The smallest absolute Gasteiger partial charge is 0.320 e. The summed E-state index contributed by atoms with van der Waals surface area (Å²) in [7, 11) is 0. The molecule has 0 heterocycles. The van der Waals surface area contributed by atoms with Crippen LogP contribution in [0.2, 0.25) is 0 Å². The molecular weight excluding hydrogens is 426 g/mol. The Morgan fingerprint density at radius 2 is 1.47 bits per heavy atom. The topological polar surface area (TPSA) is 52.6 Å². The van der Waals surface area contributed by atoms with E-state index in [1.54, 1.807) is 13.8 Å². The van der Waals surface area contributed by atoms with E-state index in [2.05, 4.69) is 45.2 Å². The van der Waals surface area contributed by atoms with Crippen molar-refractivity contribution in [1.29, 1.82) is 0 Å². The number of alkyl halides is 2. The van der Waals surface area contributed by atoms with Gasteiger partial charge < -0.3 is 9.47 Å². The number of halogens is 2.